The van der Waals surface area contributed by atoms with Gasteiger partial charge in [-0.3, -0.25) is 4.90 Å². The molecule has 0 bridgehead atoms. The molecule has 1 aromatic rings. The van der Waals surface area contributed by atoms with Crippen molar-refractivity contribution >= 4 is 22.4 Å². The number of hydrogen-bond donors (Lipinski definition) is 2. The van der Waals surface area contributed by atoms with Crippen molar-refractivity contribution in [3.8, 4) is 0 Å². The predicted octanol–water partition coefficient (Wildman–Crippen LogP) is 1.10. The van der Waals surface area contributed by atoms with Gasteiger partial charge in [-0.05, 0) is 25.9 Å². The Labute approximate surface area is 131 Å². The van der Waals surface area contributed by atoms with Crippen LogP contribution >= 0.6 is 11.3 Å². The summed E-state index contributed by atoms with van der Waals surface area (Å²) in [5, 5.41) is 6.27. The molecule has 0 radical (unpaired) electrons. The number of likely N-dealkylation sites (tertiary alicyclic amines) is 1. The van der Waals surface area contributed by atoms with Gasteiger partial charge in [-0.25, -0.2) is 9.98 Å². The van der Waals surface area contributed by atoms with Crippen molar-refractivity contribution in [2.45, 2.75) is 32.4 Å². The molecule has 1 aromatic heterocycles. The molecular formula is C14H26N6S. The van der Waals surface area contributed by atoms with Gasteiger partial charge in [0.2, 0.25) is 0 Å². The number of nitrogens with one attached hydrogen (secondary N) is 1. The van der Waals surface area contributed by atoms with E-state index in [1.54, 1.807) is 11.3 Å². The van der Waals surface area contributed by atoms with E-state index >= 15 is 0 Å². The molecule has 0 saturated carbocycles. The fourth-order valence-electron chi connectivity index (χ4n) is 2.56. The van der Waals surface area contributed by atoms with Crippen LogP contribution in [0, 0.1) is 0 Å². The number of aromatic nitrogens is 1. The van der Waals surface area contributed by atoms with Crippen LogP contribution in [0.15, 0.2) is 10.4 Å². The van der Waals surface area contributed by atoms with Gasteiger partial charge < -0.3 is 16.0 Å². The molecule has 21 heavy (non-hydrogen) atoms. The summed E-state index contributed by atoms with van der Waals surface area (Å²) in [5.74, 6) is 0.511. The van der Waals surface area contributed by atoms with E-state index in [2.05, 4.69) is 27.1 Å². The molecule has 0 spiro atoms. The van der Waals surface area contributed by atoms with E-state index in [9.17, 15) is 0 Å². The second-order valence-electron chi connectivity index (χ2n) is 5.52. The lowest BCUT2D eigenvalue weighted by atomic mass is 10.2. The third-order valence-corrected chi connectivity index (χ3v) is 4.81. The Hall–Kier alpha value is -1.34. The maximum absolute atomic E-state index is 5.94. The molecule has 118 valence electrons. The van der Waals surface area contributed by atoms with Gasteiger partial charge in [-0.2, -0.15) is 0 Å². The molecule has 2 rings (SSSR count). The van der Waals surface area contributed by atoms with Crippen LogP contribution in [0.25, 0.3) is 0 Å². The van der Waals surface area contributed by atoms with Gasteiger partial charge in [-0.1, -0.05) is 6.92 Å². The number of aliphatic imine (C=N–C) groups is 1. The molecule has 1 aliphatic rings. The standard InChI is InChI=1S/C14H26N6S/c1-4-20-7-5-6-12(20)9-17-13(15)16-8-11-10-21-14(18-11)19(2)3/h10,12H,4-9H2,1-3H3,(H3,15,16,17). The summed E-state index contributed by atoms with van der Waals surface area (Å²) in [4.78, 5) is 13.3. The maximum atomic E-state index is 5.94. The molecule has 1 atom stereocenters. The van der Waals surface area contributed by atoms with Crippen molar-refractivity contribution in [2.24, 2.45) is 10.7 Å². The molecule has 0 amide bonds. The number of nitrogens with two attached hydrogens (primary N) is 1. The normalized spacial score (nSPS) is 20.0. The van der Waals surface area contributed by atoms with Crippen molar-refractivity contribution in [1.82, 2.24) is 15.2 Å². The minimum atomic E-state index is 0.511. The third-order valence-electron chi connectivity index (χ3n) is 3.76. The van der Waals surface area contributed by atoms with E-state index in [0.29, 0.717) is 18.5 Å². The average Bonchev–Trinajstić information content (AvgIpc) is 3.11. The first-order chi connectivity index (χ1) is 10.1. The molecule has 6 nitrogen and oxygen atoms in total. The Morgan fingerprint density at radius 1 is 1.62 bits per heavy atom. The first-order valence-corrected chi connectivity index (χ1v) is 8.37. The number of hydrogen-bond acceptors (Lipinski definition) is 5. The zero-order valence-corrected chi connectivity index (χ0v) is 14.0. The Bertz CT molecular complexity index is 470. The van der Waals surface area contributed by atoms with Crippen molar-refractivity contribution in [2.75, 3.05) is 38.6 Å². The van der Waals surface area contributed by atoms with Gasteiger partial charge in [0.25, 0.3) is 0 Å². The maximum Gasteiger partial charge on any atom is 0.189 e. The molecule has 1 aliphatic heterocycles. The Balaban J connectivity index is 1.78. The summed E-state index contributed by atoms with van der Waals surface area (Å²) in [7, 11) is 3.98. The van der Waals surface area contributed by atoms with Gasteiger partial charge >= 0.3 is 0 Å². The predicted molar refractivity (Wildman–Crippen MR) is 90.0 cm³/mol. The number of likely N-dealkylation sites (N-methyl/N-ethyl adjacent to an activating group) is 1. The van der Waals surface area contributed by atoms with Crippen molar-refractivity contribution in [3.05, 3.63) is 11.1 Å². The van der Waals surface area contributed by atoms with Crippen LogP contribution in [0.1, 0.15) is 25.5 Å². The van der Waals surface area contributed by atoms with E-state index in [1.165, 1.54) is 19.4 Å². The summed E-state index contributed by atoms with van der Waals surface area (Å²) >= 11 is 1.62. The van der Waals surface area contributed by atoms with Gasteiger partial charge in [-0.15, -0.1) is 11.3 Å². The number of nitrogens with zero attached hydrogens (tertiary/aromatic N) is 4. The molecule has 1 fully saturated rings. The molecule has 0 aliphatic carbocycles. The summed E-state index contributed by atoms with van der Waals surface area (Å²) in [6, 6.07) is 0.586. The minimum Gasteiger partial charge on any atom is -0.370 e. The molecular weight excluding hydrogens is 284 g/mol. The molecule has 0 aromatic carbocycles. The molecule has 3 N–H and O–H groups in total. The molecule has 2 heterocycles. The highest BCUT2D eigenvalue weighted by atomic mass is 32.1. The lowest BCUT2D eigenvalue weighted by Crippen LogP contribution is -2.42. The Morgan fingerprint density at radius 2 is 2.43 bits per heavy atom. The number of guanidine groups is 1. The fraction of sp³-hybridized carbons (Fsp3) is 0.714. The van der Waals surface area contributed by atoms with E-state index in [0.717, 1.165) is 23.9 Å². The van der Waals surface area contributed by atoms with Crippen LogP contribution in [0.5, 0.6) is 0 Å². The SMILES string of the molecule is CCN1CCCC1CNC(N)=NCc1csc(N(C)C)n1. The van der Waals surface area contributed by atoms with Crippen molar-refractivity contribution < 1.29 is 0 Å². The van der Waals surface area contributed by atoms with E-state index in [4.69, 9.17) is 5.73 Å². The van der Waals surface area contributed by atoms with Crippen LogP contribution < -0.4 is 16.0 Å². The van der Waals surface area contributed by atoms with Gasteiger partial charge in [0.1, 0.15) is 0 Å². The van der Waals surface area contributed by atoms with Crippen molar-refractivity contribution in [1.29, 1.82) is 0 Å². The topological polar surface area (TPSA) is 69.8 Å². The summed E-state index contributed by atoms with van der Waals surface area (Å²) < 4.78 is 0. The van der Waals surface area contributed by atoms with Gasteiger partial charge in [0, 0.05) is 32.1 Å². The van der Waals surface area contributed by atoms with Crippen molar-refractivity contribution in [3.63, 3.8) is 0 Å². The quantitative estimate of drug-likeness (QED) is 0.608. The average molecular weight is 310 g/mol. The van der Waals surface area contributed by atoms with E-state index < -0.39 is 0 Å². The second-order valence-corrected chi connectivity index (χ2v) is 6.36. The largest absolute Gasteiger partial charge is 0.370 e. The summed E-state index contributed by atoms with van der Waals surface area (Å²) in [5.41, 5.74) is 6.90. The first-order valence-electron chi connectivity index (χ1n) is 7.49. The Morgan fingerprint density at radius 3 is 3.10 bits per heavy atom. The highest BCUT2D eigenvalue weighted by Gasteiger charge is 2.22. The molecule has 1 saturated heterocycles. The van der Waals surface area contributed by atoms with E-state index in [1.807, 2.05) is 24.4 Å². The van der Waals surface area contributed by atoms with Gasteiger partial charge in [0.05, 0.1) is 12.2 Å². The smallest absolute Gasteiger partial charge is 0.189 e. The monoisotopic (exact) mass is 310 g/mol. The second kappa shape index (κ2) is 7.61. The fourth-order valence-corrected chi connectivity index (χ4v) is 3.31. The zero-order valence-electron chi connectivity index (χ0n) is 13.2. The molecule has 7 heteroatoms. The molecule has 1 unspecified atom stereocenters. The number of rotatable bonds is 6. The van der Waals surface area contributed by atoms with Crippen LogP contribution in [-0.2, 0) is 6.54 Å². The number of anilines is 1. The Kier molecular flexibility index (Phi) is 5.81. The van der Waals surface area contributed by atoms with Crippen LogP contribution in [-0.4, -0.2) is 55.6 Å². The lowest BCUT2D eigenvalue weighted by Gasteiger charge is -2.23. The highest BCUT2D eigenvalue weighted by Crippen LogP contribution is 2.18. The summed E-state index contributed by atoms with van der Waals surface area (Å²) in [6.07, 6.45) is 2.52. The van der Waals surface area contributed by atoms with E-state index in [-0.39, 0.29) is 0 Å². The van der Waals surface area contributed by atoms with Crippen LogP contribution in [0.2, 0.25) is 0 Å². The third kappa shape index (κ3) is 4.57. The number of thiazole rings is 1. The lowest BCUT2D eigenvalue weighted by molar-refractivity contribution is 0.267. The van der Waals surface area contributed by atoms with Crippen LogP contribution in [0.4, 0.5) is 5.13 Å². The highest BCUT2D eigenvalue weighted by molar-refractivity contribution is 7.13. The minimum absolute atomic E-state index is 0.511. The first kappa shape index (κ1) is 16.0. The zero-order chi connectivity index (χ0) is 15.2. The van der Waals surface area contributed by atoms with Crippen LogP contribution in [0.3, 0.4) is 0 Å². The summed E-state index contributed by atoms with van der Waals surface area (Å²) in [6.45, 7) is 5.93. The van der Waals surface area contributed by atoms with Gasteiger partial charge in [0.15, 0.2) is 11.1 Å².